The number of hydrogen-bond acceptors (Lipinski definition) is 6. The van der Waals surface area contributed by atoms with Gasteiger partial charge in [0.15, 0.2) is 0 Å². The number of nitrogens with zero attached hydrogens (tertiary/aromatic N) is 3. The number of imidazole rings is 1. The highest BCUT2D eigenvalue weighted by molar-refractivity contribution is 6.33. The van der Waals surface area contributed by atoms with Crippen LogP contribution in [0.5, 0.6) is 5.75 Å². The minimum absolute atomic E-state index is 0.256. The molecule has 122 valence electrons. The lowest BCUT2D eigenvalue weighted by molar-refractivity contribution is 0.0958. The Bertz CT molecular complexity index is 864. The lowest BCUT2D eigenvalue weighted by Crippen LogP contribution is -2.20. The van der Waals surface area contributed by atoms with Crippen LogP contribution in [-0.2, 0) is 6.54 Å². The first-order valence-corrected chi connectivity index (χ1v) is 7.21. The van der Waals surface area contributed by atoms with E-state index < -0.39 is 7.32 Å². The molecule has 2 heterocycles. The summed E-state index contributed by atoms with van der Waals surface area (Å²) in [6.07, 6.45) is 3.30. The highest BCUT2D eigenvalue weighted by atomic mass is 16.6. The van der Waals surface area contributed by atoms with E-state index in [1.54, 1.807) is 37.8 Å². The van der Waals surface area contributed by atoms with E-state index in [2.05, 4.69) is 15.3 Å². The molecule has 0 unspecified atom stereocenters. The smallest absolute Gasteiger partial charge is 0.512 e. The third-order valence-corrected chi connectivity index (χ3v) is 3.48. The Kier molecular flexibility index (Phi) is 4.45. The van der Waals surface area contributed by atoms with Gasteiger partial charge >= 0.3 is 7.32 Å². The molecule has 3 N–H and O–H groups in total. The van der Waals surface area contributed by atoms with E-state index in [9.17, 15) is 4.79 Å². The largest absolute Gasteiger partial charge is 0.707 e. The quantitative estimate of drug-likeness (QED) is 0.577. The molecule has 8 nitrogen and oxygen atoms in total. The summed E-state index contributed by atoms with van der Waals surface area (Å²) >= 11 is 0. The fraction of sp³-hybridized carbons (Fsp3) is 0.133. The number of hydrogen-bond donors (Lipinski definition) is 3. The van der Waals surface area contributed by atoms with Gasteiger partial charge in [-0.1, -0.05) is 12.1 Å². The van der Waals surface area contributed by atoms with Crippen molar-refractivity contribution in [1.82, 2.24) is 19.9 Å². The summed E-state index contributed by atoms with van der Waals surface area (Å²) in [5.74, 6) is 0.106. The summed E-state index contributed by atoms with van der Waals surface area (Å²) < 4.78 is 6.67. The van der Waals surface area contributed by atoms with E-state index in [0.29, 0.717) is 23.5 Å². The van der Waals surface area contributed by atoms with Crippen molar-refractivity contribution in [3.05, 3.63) is 54.1 Å². The van der Waals surface area contributed by atoms with Gasteiger partial charge < -0.3 is 24.6 Å². The molecule has 2 aromatic heterocycles. The molecule has 0 spiro atoms. The maximum Gasteiger partial charge on any atom is 0.707 e. The highest BCUT2D eigenvalue weighted by Crippen LogP contribution is 2.17. The van der Waals surface area contributed by atoms with Crippen molar-refractivity contribution in [2.24, 2.45) is 0 Å². The molecule has 1 amide bonds. The van der Waals surface area contributed by atoms with Crippen LogP contribution in [0.3, 0.4) is 0 Å². The van der Waals surface area contributed by atoms with E-state index in [-0.39, 0.29) is 5.91 Å². The molecule has 0 saturated carbocycles. The number of amides is 1. The van der Waals surface area contributed by atoms with Gasteiger partial charge in [-0.2, -0.15) is 0 Å². The Hall–Kier alpha value is -2.91. The fourth-order valence-corrected chi connectivity index (χ4v) is 2.33. The fourth-order valence-electron chi connectivity index (χ4n) is 2.33. The van der Waals surface area contributed by atoms with Crippen LogP contribution < -0.4 is 9.97 Å². The van der Waals surface area contributed by atoms with Crippen molar-refractivity contribution in [2.45, 2.75) is 6.54 Å². The predicted molar refractivity (Wildman–Crippen MR) is 87.3 cm³/mol. The Labute approximate surface area is 137 Å². The first kappa shape index (κ1) is 16.0. The van der Waals surface area contributed by atoms with E-state index in [1.807, 2.05) is 16.7 Å². The molecule has 0 atom stereocenters. The molecule has 1 aromatic carbocycles. The topological polar surface area (TPSA) is 110 Å². The van der Waals surface area contributed by atoms with E-state index in [1.165, 1.54) is 0 Å². The third kappa shape index (κ3) is 3.37. The molecule has 0 bridgehead atoms. The van der Waals surface area contributed by atoms with Gasteiger partial charge in [-0.15, -0.1) is 0 Å². The molecule has 0 aliphatic rings. The van der Waals surface area contributed by atoms with Gasteiger partial charge in [0.1, 0.15) is 11.4 Å². The highest BCUT2D eigenvalue weighted by Gasteiger charge is 2.12. The zero-order valence-corrected chi connectivity index (χ0v) is 12.9. The third-order valence-electron chi connectivity index (χ3n) is 3.48. The van der Waals surface area contributed by atoms with Crippen LogP contribution in [0.4, 0.5) is 0 Å². The molecule has 9 heteroatoms. The second kappa shape index (κ2) is 6.69. The number of pyridine rings is 1. The SMILES string of the molecule is CNC(=O)c1cc2ncn(Cc3ccc(OB(O)O)cc3)c2cn1. The van der Waals surface area contributed by atoms with Crippen molar-refractivity contribution in [3.8, 4) is 5.75 Å². The summed E-state index contributed by atoms with van der Waals surface area (Å²) in [6.45, 7) is 0.555. The summed E-state index contributed by atoms with van der Waals surface area (Å²) in [5.41, 5.74) is 2.80. The number of fused-ring (bicyclic) bond motifs is 1. The van der Waals surface area contributed by atoms with Crippen LogP contribution in [0.2, 0.25) is 0 Å². The van der Waals surface area contributed by atoms with Crippen molar-refractivity contribution < 1.29 is 19.5 Å². The Balaban J connectivity index is 1.81. The van der Waals surface area contributed by atoms with Crippen LogP contribution in [0.1, 0.15) is 16.1 Å². The second-order valence-electron chi connectivity index (χ2n) is 5.10. The molecule has 24 heavy (non-hydrogen) atoms. The molecule has 3 rings (SSSR count). The van der Waals surface area contributed by atoms with Crippen molar-refractivity contribution in [3.63, 3.8) is 0 Å². The zero-order chi connectivity index (χ0) is 17.1. The molecular weight excluding hydrogens is 311 g/mol. The van der Waals surface area contributed by atoms with Crippen molar-refractivity contribution in [2.75, 3.05) is 7.05 Å². The van der Waals surface area contributed by atoms with Gasteiger partial charge in [-0.25, -0.2) is 9.97 Å². The van der Waals surface area contributed by atoms with E-state index in [0.717, 1.165) is 11.1 Å². The summed E-state index contributed by atoms with van der Waals surface area (Å²) in [6, 6.07) is 8.57. The van der Waals surface area contributed by atoms with Crippen LogP contribution >= 0.6 is 0 Å². The van der Waals surface area contributed by atoms with Gasteiger partial charge in [-0.05, 0) is 23.8 Å². The van der Waals surface area contributed by atoms with Gasteiger partial charge in [0, 0.05) is 13.6 Å². The van der Waals surface area contributed by atoms with E-state index in [4.69, 9.17) is 14.7 Å². The second-order valence-corrected chi connectivity index (χ2v) is 5.10. The number of carbonyl (C=O) groups excluding carboxylic acids is 1. The standard InChI is InChI=1S/C15H15BN4O4/c1-17-15(21)13-6-12-14(7-18-13)20(9-19-12)8-10-2-4-11(5-3-10)24-16(22)23/h2-7,9,22-23H,8H2,1H3,(H,17,21). The van der Waals surface area contributed by atoms with Crippen LogP contribution in [-0.4, -0.2) is 44.9 Å². The molecule has 0 aliphatic heterocycles. The minimum atomic E-state index is -1.84. The van der Waals surface area contributed by atoms with Gasteiger partial charge in [0.25, 0.3) is 5.91 Å². The summed E-state index contributed by atoms with van der Waals surface area (Å²) in [7, 11) is -0.287. The summed E-state index contributed by atoms with van der Waals surface area (Å²) in [5, 5.41) is 20.1. The Morgan fingerprint density at radius 3 is 2.71 bits per heavy atom. The first-order valence-electron chi connectivity index (χ1n) is 7.21. The van der Waals surface area contributed by atoms with Gasteiger partial charge in [-0.3, -0.25) is 4.79 Å². The van der Waals surface area contributed by atoms with Crippen molar-refractivity contribution in [1.29, 1.82) is 0 Å². The number of carbonyl (C=O) groups is 1. The maximum atomic E-state index is 11.6. The first-order chi connectivity index (χ1) is 11.6. The van der Waals surface area contributed by atoms with Crippen LogP contribution in [0.25, 0.3) is 11.0 Å². The van der Waals surface area contributed by atoms with Crippen molar-refractivity contribution >= 4 is 24.3 Å². The molecule has 0 fully saturated rings. The average Bonchev–Trinajstić information content (AvgIpc) is 2.97. The zero-order valence-electron chi connectivity index (χ0n) is 12.9. The summed E-state index contributed by atoms with van der Waals surface area (Å²) in [4.78, 5) is 20.1. The van der Waals surface area contributed by atoms with Crippen LogP contribution in [0, 0.1) is 0 Å². The van der Waals surface area contributed by atoms with Gasteiger partial charge in [0.2, 0.25) is 0 Å². The molecule has 0 radical (unpaired) electrons. The lowest BCUT2D eigenvalue weighted by Gasteiger charge is -2.07. The monoisotopic (exact) mass is 326 g/mol. The molecule has 0 saturated heterocycles. The Morgan fingerprint density at radius 2 is 2.04 bits per heavy atom. The molecular formula is C15H15BN4O4. The average molecular weight is 326 g/mol. The van der Waals surface area contributed by atoms with E-state index >= 15 is 0 Å². The number of nitrogens with one attached hydrogen (secondary N) is 1. The number of benzene rings is 1. The van der Waals surface area contributed by atoms with Gasteiger partial charge in [0.05, 0.1) is 23.6 Å². The van der Waals surface area contributed by atoms with Crippen LogP contribution in [0.15, 0.2) is 42.9 Å². The maximum absolute atomic E-state index is 11.6. The molecule has 3 aromatic rings. The number of rotatable bonds is 5. The molecule has 0 aliphatic carbocycles. The normalized spacial score (nSPS) is 10.6. The number of aromatic nitrogens is 3. The lowest BCUT2D eigenvalue weighted by atomic mass is 10.2. The minimum Gasteiger partial charge on any atom is -0.512 e. The Morgan fingerprint density at radius 1 is 1.29 bits per heavy atom. The predicted octanol–water partition coefficient (Wildman–Crippen LogP) is 0.187.